The van der Waals surface area contributed by atoms with Gasteiger partial charge in [-0.2, -0.15) is 4.31 Å². The third kappa shape index (κ3) is 2.42. The summed E-state index contributed by atoms with van der Waals surface area (Å²) in [5, 5.41) is 0.122. The first-order valence-corrected chi connectivity index (χ1v) is 7.90. The topological polar surface area (TPSA) is 37.4 Å². The maximum Gasteiger partial charge on any atom is 0.252 e. The molecule has 16 heavy (non-hydrogen) atoms. The summed E-state index contributed by atoms with van der Waals surface area (Å²) in [4.78, 5) is 1.02. The van der Waals surface area contributed by atoms with Gasteiger partial charge in [0, 0.05) is 23.3 Å². The van der Waals surface area contributed by atoms with E-state index in [-0.39, 0.29) is 5.38 Å². The highest BCUT2D eigenvalue weighted by Gasteiger charge is 2.29. The van der Waals surface area contributed by atoms with Gasteiger partial charge in [-0.3, -0.25) is 0 Å². The van der Waals surface area contributed by atoms with E-state index < -0.39 is 10.0 Å². The molecule has 0 amide bonds. The Morgan fingerprint density at radius 2 is 2.00 bits per heavy atom. The van der Waals surface area contributed by atoms with Gasteiger partial charge < -0.3 is 0 Å². The third-order valence-corrected chi connectivity index (χ3v) is 6.50. The largest absolute Gasteiger partial charge is 0.252 e. The molecule has 1 saturated heterocycles. The van der Waals surface area contributed by atoms with Crippen LogP contribution < -0.4 is 0 Å². The lowest BCUT2D eigenvalue weighted by Gasteiger charge is -2.27. The van der Waals surface area contributed by atoms with E-state index >= 15 is 0 Å². The number of aryl methyl sites for hydroxylation is 1. The van der Waals surface area contributed by atoms with Crippen LogP contribution in [0.2, 0.25) is 0 Å². The second-order valence-electron chi connectivity index (χ2n) is 3.94. The van der Waals surface area contributed by atoms with E-state index in [1.165, 1.54) is 15.6 Å². The van der Waals surface area contributed by atoms with Crippen LogP contribution in [0.3, 0.4) is 0 Å². The maximum atomic E-state index is 12.2. The van der Waals surface area contributed by atoms with Crippen molar-refractivity contribution in [2.24, 2.45) is 0 Å². The molecule has 0 aromatic carbocycles. The zero-order chi connectivity index (χ0) is 11.8. The molecule has 0 bridgehead atoms. The minimum atomic E-state index is -3.27. The van der Waals surface area contributed by atoms with Gasteiger partial charge in [0.15, 0.2) is 0 Å². The highest BCUT2D eigenvalue weighted by molar-refractivity contribution is 7.91. The molecule has 0 unspecified atom stereocenters. The second-order valence-corrected chi connectivity index (χ2v) is 8.01. The number of piperidine rings is 1. The molecule has 90 valence electrons. The van der Waals surface area contributed by atoms with Crippen molar-refractivity contribution < 1.29 is 8.42 Å². The Balaban J connectivity index is 2.20. The first kappa shape index (κ1) is 12.4. The Bertz CT molecular complexity index is 461. The SMILES string of the molecule is Cc1ccc(S(=O)(=O)N2CCC(Cl)CC2)s1. The van der Waals surface area contributed by atoms with Gasteiger partial charge in [-0.15, -0.1) is 22.9 Å². The molecule has 1 aliphatic heterocycles. The van der Waals surface area contributed by atoms with Gasteiger partial charge in [-0.1, -0.05) is 0 Å². The second kappa shape index (κ2) is 4.64. The van der Waals surface area contributed by atoms with Crippen molar-refractivity contribution in [3.05, 3.63) is 17.0 Å². The summed E-state index contributed by atoms with van der Waals surface area (Å²) < 4.78 is 26.4. The van der Waals surface area contributed by atoms with Gasteiger partial charge in [0.1, 0.15) is 4.21 Å². The summed E-state index contributed by atoms with van der Waals surface area (Å²) in [5.74, 6) is 0. The smallest absolute Gasteiger partial charge is 0.206 e. The lowest BCUT2D eigenvalue weighted by molar-refractivity contribution is 0.351. The standard InChI is InChI=1S/C10H14ClNO2S2/c1-8-2-3-10(15-8)16(13,14)12-6-4-9(11)5-7-12/h2-3,9H,4-7H2,1H3. The lowest BCUT2D eigenvalue weighted by atomic mass is 10.2. The molecule has 0 atom stereocenters. The monoisotopic (exact) mass is 279 g/mol. The highest BCUT2D eigenvalue weighted by Crippen LogP contribution is 2.27. The van der Waals surface area contributed by atoms with E-state index in [0.29, 0.717) is 17.3 Å². The fraction of sp³-hybridized carbons (Fsp3) is 0.600. The van der Waals surface area contributed by atoms with E-state index in [1.807, 2.05) is 13.0 Å². The van der Waals surface area contributed by atoms with Crippen LogP contribution in [0.15, 0.2) is 16.3 Å². The number of alkyl halides is 1. The van der Waals surface area contributed by atoms with Crippen molar-refractivity contribution in [3.63, 3.8) is 0 Å². The molecule has 2 heterocycles. The van der Waals surface area contributed by atoms with E-state index in [0.717, 1.165) is 17.7 Å². The normalized spacial score (nSPS) is 20.1. The number of nitrogens with zero attached hydrogens (tertiary/aromatic N) is 1. The van der Waals surface area contributed by atoms with E-state index in [2.05, 4.69) is 0 Å². The molecular formula is C10H14ClNO2S2. The molecule has 0 N–H and O–H groups in total. The minimum absolute atomic E-state index is 0.122. The van der Waals surface area contributed by atoms with Gasteiger partial charge in [-0.05, 0) is 31.9 Å². The molecule has 1 aromatic heterocycles. The molecule has 1 aliphatic rings. The Morgan fingerprint density at radius 3 is 2.50 bits per heavy atom. The van der Waals surface area contributed by atoms with Crippen molar-refractivity contribution in [1.29, 1.82) is 0 Å². The fourth-order valence-corrected chi connectivity index (χ4v) is 4.85. The van der Waals surface area contributed by atoms with Crippen LogP contribution in [-0.4, -0.2) is 31.2 Å². The zero-order valence-corrected chi connectivity index (χ0v) is 11.4. The minimum Gasteiger partial charge on any atom is -0.206 e. The van der Waals surface area contributed by atoms with Crippen molar-refractivity contribution >= 4 is 33.0 Å². The van der Waals surface area contributed by atoms with Gasteiger partial charge in [0.25, 0.3) is 10.0 Å². The van der Waals surface area contributed by atoms with Crippen molar-refractivity contribution in [3.8, 4) is 0 Å². The molecule has 0 spiro atoms. The summed E-state index contributed by atoms with van der Waals surface area (Å²) in [6, 6.07) is 3.52. The van der Waals surface area contributed by atoms with Crippen LogP contribution in [-0.2, 0) is 10.0 Å². The Kier molecular flexibility index (Phi) is 3.59. The van der Waals surface area contributed by atoms with Crippen molar-refractivity contribution in [2.75, 3.05) is 13.1 Å². The van der Waals surface area contributed by atoms with Crippen LogP contribution in [0, 0.1) is 6.92 Å². The summed E-state index contributed by atoms with van der Waals surface area (Å²) in [5.41, 5.74) is 0. The van der Waals surface area contributed by atoms with Gasteiger partial charge >= 0.3 is 0 Å². The van der Waals surface area contributed by atoms with Crippen LogP contribution in [0.4, 0.5) is 0 Å². The maximum absolute atomic E-state index is 12.2. The van der Waals surface area contributed by atoms with Gasteiger partial charge in [0.05, 0.1) is 0 Å². The van der Waals surface area contributed by atoms with E-state index in [9.17, 15) is 8.42 Å². The summed E-state index contributed by atoms with van der Waals surface area (Å²) in [7, 11) is -3.27. The summed E-state index contributed by atoms with van der Waals surface area (Å²) in [6.45, 7) is 2.98. The number of hydrogen-bond acceptors (Lipinski definition) is 3. The summed E-state index contributed by atoms with van der Waals surface area (Å²) >= 11 is 7.29. The van der Waals surface area contributed by atoms with Crippen LogP contribution in [0.1, 0.15) is 17.7 Å². The molecule has 0 saturated carbocycles. The number of sulfonamides is 1. The average molecular weight is 280 g/mol. The predicted octanol–water partition coefficient (Wildman–Crippen LogP) is 2.45. The lowest BCUT2D eigenvalue weighted by Crippen LogP contribution is -2.38. The Labute approximate surface area is 105 Å². The van der Waals surface area contributed by atoms with E-state index in [4.69, 9.17) is 11.6 Å². The van der Waals surface area contributed by atoms with Crippen LogP contribution in [0.25, 0.3) is 0 Å². The number of hydrogen-bond donors (Lipinski definition) is 0. The molecule has 1 fully saturated rings. The van der Waals surface area contributed by atoms with Crippen molar-refractivity contribution in [2.45, 2.75) is 29.4 Å². The van der Waals surface area contributed by atoms with E-state index in [1.54, 1.807) is 6.07 Å². The quantitative estimate of drug-likeness (QED) is 0.780. The first-order chi connectivity index (χ1) is 7.50. The van der Waals surface area contributed by atoms with Gasteiger partial charge in [-0.25, -0.2) is 8.42 Å². The van der Waals surface area contributed by atoms with Crippen LogP contribution in [0.5, 0.6) is 0 Å². The molecule has 0 radical (unpaired) electrons. The molecular weight excluding hydrogens is 266 g/mol. The summed E-state index contributed by atoms with van der Waals surface area (Å²) in [6.07, 6.45) is 1.48. The van der Waals surface area contributed by atoms with Crippen molar-refractivity contribution in [1.82, 2.24) is 4.31 Å². The number of halogens is 1. The molecule has 6 heteroatoms. The zero-order valence-electron chi connectivity index (χ0n) is 9.02. The molecule has 2 rings (SSSR count). The average Bonchev–Trinajstić information content (AvgIpc) is 2.66. The predicted molar refractivity (Wildman–Crippen MR) is 66.7 cm³/mol. The molecule has 1 aromatic rings. The highest BCUT2D eigenvalue weighted by atomic mass is 35.5. The van der Waals surface area contributed by atoms with Gasteiger partial charge in [0.2, 0.25) is 0 Å². The Hall–Kier alpha value is -0.100. The number of thiophene rings is 1. The Morgan fingerprint density at radius 1 is 1.38 bits per heavy atom. The molecule has 0 aliphatic carbocycles. The fourth-order valence-electron chi connectivity index (χ4n) is 1.74. The third-order valence-electron chi connectivity index (χ3n) is 2.69. The number of rotatable bonds is 2. The first-order valence-electron chi connectivity index (χ1n) is 5.21. The molecule has 3 nitrogen and oxygen atoms in total. The van der Waals surface area contributed by atoms with Crippen LogP contribution >= 0.6 is 22.9 Å².